The van der Waals surface area contributed by atoms with Crippen molar-refractivity contribution in [2.45, 2.75) is 38.3 Å². The quantitative estimate of drug-likeness (QED) is 0.850. The highest BCUT2D eigenvalue weighted by atomic mass is 35.5. The summed E-state index contributed by atoms with van der Waals surface area (Å²) < 4.78 is 5.09. The van der Waals surface area contributed by atoms with Crippen molar-refractivity contribution in [2.75, 3.05) is 0 Å². The number of amides is 1. The molecule has 0 spiro atoms. The van der Waals surface area contributed by atoms with Gasteiger partial charge in [-0.1, -0.05) is 29.3 Å². The van der Waals surface area contributed by atoms with Crippen LogP contribution in [0.25, 0.3) is 0 Å². The van der Waals surface area contributed by atoms with E-state index >= 15 is 0 Å². The fourth-order valence-electron chi connectivity index (χ4n) is 1.68. The Morgan fingerprint density at radius 1 is 1.35 bits per heavy atom. The van der Waals surface area contributed by atoms with Crippen molar-refractivity contribution in [3.05, 3.63) is 33.8 Å². The Morgan fingerprint density at radius 2 is 1.95 bits per heavy atom. The lowest BCUT2D eigenvalue weighted by Gasteiger charge is -2.14. The number of halogens is 2. The molecule has 0 radical (unpaired) electrons. The van der Waals surface area contributed by atoms with Crippen molar-refractivity contribution in [3.8, 4) is 0 Å². The fourth-order valence-corrected chi connectivity index (χ4v) is 2.22. The first kappa shape index (κ1) is 15.1. The highest BCUT2D eigenvalue weighted by Gasteiger charge is 2.27. The van der Waals surface area contributed by atoms with E-state index < -0.39 is 12.1 Å². The summed E-state index contributed by atoms with van der Waals surface area (Å²) in [6.07, 6.45) is 1.10. The highest BCUT2D eigenvalue weighted by Crippen LogP contribution is 2.25. The molecule has 2 rings (SSSR count). The lowest BCUT2D eigenvalue weighted by Crippen LogP contribution is -2.37. The van der Waals surface area contributed by atoms with Crippen LogP contribution in [-0.4, -0.2) is 24.0 Å². The van der Waals surface area contributed by atoms with E-state index in [1.807, 2.05) is 0 Å². The molecule has 4 nitrogen and oxygen atoms in total. The monoisotopic (exact) mass is 315 g/mol. The topological polar surface area (TPSA) is 55.4 Å². The summed E-state index contributed by atoms with van der Waals surface area (Å²) in [7, 11) is 0. The van der Waals surface area contributed by atoms with Crippen molar-refractivity contribution in [1.29, 1.82) is 0 Å². The second-order valence-electron chi connectivity index (χ2n) is 4.79. The molecule has 1 aromatic rings. The van der Waals surface area contributed by atoms with Gasteiger partial charge in [0.25, 0.3) is 5.91 Å². The summed E-state index contributed by atoms with van der Waals surface area (Å²) in [6, 6.07) is 5.24. The van der Waals surface area contributed by atoms with Gasteiger partial charge in [0.2, 0.25) is 0 Å². The summed E-state index contributed by atoms with van der Waals surface area (Å²) in [4.78, 5) is 23.5. The molecule has 1 aliphatic rings. The van der Waals surface area contributed by atoms with Crippen LogP contribution in [0.4, 0.5) is 0 Å². The van der Waals surface area contributed by atoms with Gasteiger partial charge in [-0.3, -0.25) is 9.59 Å². The van der Waals surface area contributed by atoms with E-state index in [-0.39, 0.29) is 18.4 Å². The van der Waals surface area contributed by atoms with Gasteiger partial charge in [0.15, 0.2) is 6.10 Å². The predicted molar refractivity (Wildman–Crippen MR) is 76.9 cm³/mol. The number of carbonyl (C=O) groups excluding carboxylic acids is 2. The third-order valence-corrected chi connectivity index (χ3v) is 3.69. The van der Waals surface area contributed by atoms with E-state index in [2.05, 4.69) is 5.32 Å². The number of hydrogen-bond donors (Lipinski definition) is 1. The summed E-state index contributed by atoms with van der Waals surface area (Å²) in [5.74, 6) is -0.801. The third kappa shape index (κ3) is 4.12. The lowest BCUT2D eigenvalue weighted by atomic mass is 10.1. The van der Waals surface area contributed by atoms with Crippen molar-refractivity contribution in [2.24, 2.45) is 0 Å². The molecule has 0 heterocycles. The Morgan fingerprint density at radius 3 is 2.50 bits per heavy atom. The second kappa shape index (κ2) is 6.46. The molecular weight excluding hydrogens is 301 g/mol. The number of benzene rings is 1. The molecule has 1 amide bonds. The van der Waals surface area contributed by atoms with Crippen molar-refractivity contribution >= 4 is 35.1 Å². The summed E-state index contributed by atoms with van der Waals surface area (Å²) in [5, 5.41) is 3.59. The number of ether oxygens (including phenoxy) is 1. The molecule has 1 atom stereocenters. The number of rotatable bonds is 5. The van der Waals surface area contributed by atoms with Crippen LogP contribution in [0.1, 0.15) is 25.3 Å². The highest BCUT2D eigenvalue weighted by molar-refractivity contribution is 6.36. The predicted octanol–water partition coefficient (Wildman–Crippen LogP) is 2.75. The van der Waals surface area contributed by atoms with Crippen LogP contribution in [0.15, 0.2) is 18.2 Å². The molecule has 1 N–H and O–H groups in total. The minimum absolute atomic E-state index is 0.0560. The van der Waals surface area contributed by atoms with Gasteiger partial charge < -0.3 is 10.1 Å². The molecule has 0 unspecified atom stereocenters. The van der Waals surface area contributed by atoms with Crippen LogP contribution in [0, 0.1) is 0 Å². The van der Waals surface area contributed by atoms with Crippen LogP contribution in [0.5, 0.6) is 0 Å². The number of nitrogens with one attached hydrogen (secondary N) is 1. The van der Waals surface area contributed by atoms with E-state index in [0.29, 0.717) is 15.6 Å². The van der Waals surface area contributed by atoms with E-state index in [0.717, 1.165) is 12.8 Å². The van der Waals surface area contributed by atoms with Gasteiger partial charge in [0, 0.05) is 21.7 Å². The van der Waals surface area contributed by atoms with Gasteiger partial charge in [0.05, 0.1) is 6.42 Å². The van der Waals surface area contributed by atoms with Crippen LogP contribution >= 0.6 is 23.2 Å². The molecular formula is C14H15Cl2NO3. The Bertz CT molecular complexity index is 509. The van der Waals surface area contributed by atoms with Crippen LogP contribution in [0.3, 0.4) is 0 Å². The minimum Gasteiger partial charge on any atom is -0.452 e. The molecule has 0 bridgehead atoms. The van der Waals surface area contributed by atoms with E-state index in [1.165, 1.54) is 0 Å². The summed E-state index contributed by atoms with van der Waals surface area (Å²) >= 11 is 12.0. The fraction of sp³-hybridized carbons (Fsp3) is 0.429. The number of hydrogen-bond acceptors (Lipinski definition) is 3. The molecule has 1 fully saturated rings. The largest absolute Gasteiger partial charge is 0.452 e. The van der Waals surface area contributed by atoms with Gasteiger partial charge in [-0.05, 0) is 31.9 Å². The molecule has 108 valence electrons. The molecule has 0 aliphatic heterocycles. The zero-order chi connectivity index (χ0) is 14.7. The molecule has 0 aromatic heterocycles. The Labute approximate surface area is 127 Å². The van der Waals surface area contributed by atoms with Crippen molar-refractivity contribution in [3.63, 3.8) is 0 Å². The van der Waals surface area contributed by atoms with Crippen LogP contribution < -0.4 is 5.32 Å². The van der Waals surface area contributed by atoms with Crippen molar-refractivity contribution in [1.82, 2.24) is 5.32 Å². The van der Waals surface area contributed by atoms with Gasteiger partial charge in [-0.25, -0.2) is 0 Å². The molecule has 6 heteroatoms. The van der Waals surface area contributed by atoms with Crippen molar-refractivity contribution < 1.29 is 14.3 Å². The van der Waals surface area contributed by atoms with Crippen LogP contribution in [-0.2, 0) is 20.7 Å². The molecule has 1 aliphatic carbocycles. The normalized spacial score (nSPS) is 15.6. The average Bonchev–Trinajstić information content (AvgIpc) is 3.18. The third-order valence-electron chi connectivity index (χ3n) is 2.98. The Kier molecular flexibility index (Phi) is 4.89. The zero-order valence-corrected chi connectivity index (χ0v) is 12.5. The van der Waals surface area contributed by atoms with Gasteiger partial charge in [-0.2, -0.15) is 0 Å². The lowest BCUT2D eigenvalue weighted by molar-refractivity contribution is -0.154. The molecule has 20 heavy (non-hydrogen) atoms. The van der Waals surface area contributed by atoms with Crippen LogP contribution in [0.2, 0.25) is 10.0 Å². The van der Waals surface area contributed by atoms with Gasteiger partial charge in [-0.15, -0.1) is 0 Å². The summed E-state index contributed by atoms with van der Waals surface area (Å²) in [5.41, 5.74) is 0.510. The molecule has 1 aromatic carbocycles. The average molecular weight is 316 g/mol. The van der Waals surface area contributed by atoms with E-state index in [4.69, 9.17) is 27.9 Å². The Hall–Kier alpha value is -1.26. The molecule has 1 saturated carbocycles. The maximum Gasteiger partial charge on any atom is 0.311 e. The Balaban J connectivity index is 1.89. The minimum atomic E-state index is -0.815. The maximum absolute atomic E-state index is 11.8. The first-order valence-electron chi connectivity index (χ1n) is 6.40. The smallest absolute Gasteiger partial charge is 0.311 e. The SMILES string of the molecule is C[C@H](OC(=O)Cc1c(Cl)cccc1Cl)C(=O)NC1CC1. The first-order chi connectivity index (χ1) is 9.47. The maximum atomic E-state index is 11.8. The van der Waals surface area contributed by atoms with E-state index in [1.54, 1.807) is 25.1 Å². The number of carbonyl (C=O) groups is 2. The van der Waals surface area contributed by atoms with Gasteiger partial charge in [0.1, 0.15) is 0 Å². The summed E-state index contributed by atoms with van der Waals surface area (Å²) in [6.45, 7) is 1.55. The van der Waals surface area contributed by atoms with E-state index in [9.17, 15) is 9.59 Å². The molecule has 0 saturated heterocycles. The number of esters is 1. The first-order valence-corrected chi connectivity index (χ1v) is 7.15. The second-order valence-corrected chi connectivity index (χ2v) is 5.61. The zero-order valence-electron chi connectivity index (χ0n) is 11.0. The van der Waals surface area contributed by atoms with Gasteiger partial charge >= 0.3 is 5.97 Å². The standard InChI is InChI=1S/C14H15Cl2NO3/c1-8(14(19)17-9-5-6-9)20-13(18)7-10-11(15)3-2-4-12(10)16/h2-4,8-9H,5-7H2,1H3,(H,17,19)/t8-/m0/s1.